The molecule has 0 saturated carbocycles. The first-order valence-electron chi connectivity index (χ1n) is 10.2. The van der Waals surface area contributed by atoms with Crippen molar-refractivity contribution < 1.29 is 41.3 Å². The second kappa shape index (κ2) is 9.14. The van der Waals surface area contributed by atoms with Gasteiger partial charge in [0.2, 0.25) is 11.2 Å². The Labute approximate surface area is 185 Å². The summed E-state index contributed by atoms with van der Waals surface area (Å²) in [5.74, 6) is -3.28. The second-order valence-electron chi connectivity index (χ2n) is 7.15. The van der Waals surface area contributed by atoms with Crippen molar-refractivity contribution in [3.63, 3.8) is 0 Å². The maximum atomic E-state index is 13.8. The molecule has 1 saturated heterocycles. The zero-order valence-corrected chi connectivity index (χ0v) is 17.4. The van der Waals surface area contributed by atoms with Crippen LogP contribution < -0.4 is 19.6 Å². The van der Waals surface area contributed by atoms with Crippen LogP contribution in [0.2, 0.25) is 0 Å². The molecule has 0 bridgehead atoms. The van der Waals surface area contributed by atoms with Gasteiger partial charge in [0, 0.05) is 12.7 Å². The van der Waals surface area contributed by atoms with Crippen molar-refractivity contribution in [2.75, 3.05) is 13.2 Å². The molecular weight excluding hydrogens is 445 g/mol. The molecule has 3 aromatic rings. The smallest absolute Gasteiger partial charge is 0.453 e. The minimum atomic E-state index is -5.03. The lowest BCUT2D eigenvalue weighted by molar-refractivity contribution is -0.154. The summed E-state index contributed by atoms with van der Waals surface area (Å²) < 4.78 is 67.5. The predicted octanol–water partition coefficient (Wildman–Crippen LogP) is 5.09. The molecule has 10 heteroatoms. The first-order chi connectivity index (χ1) is 15.8. The number of rotatable bonds is 6. The van der Waals surface area contributed by atoms with Crippen LogP contribution >= 0.6 is 0 Å². The summed E-state index contributed by atoms with van der Waals surface area (Å²) in [7, 11) is 0. The van der Waals surface area contributed by atoms with E-state index in [4.69, 9.17) is 23.4 Å². The minimum Gasteiger partial charge on any atom is -0.490 e. The highest BCUT2D eigenvalue weighted by atomic mass is 19.4. The van der Waals surface area contributed by atoms with Crippen LogP contribution in [0.5, 0.6) is 23.0 Å². The van der Waals surface area contributed by atoms with Crippen molar-refractivity contribution in [3.05, 3.63) is 58.4 Å². The Kier molecular flexibility index (Phi) is 6.28. The molecule has 2 heterocycles. The first-order valence-corrected chi connectivity index (χ1v) is 10.2. The molecule has 0 aliphatic carbocycles. The molecule has 1 aromatic heterocycles. The molecule has 1 atom stereocenters. The Morgan fingerprint density at radius 3 is 2.58 bits per heavy atom. The number of benzene rings is 2. The van der Waals surface area contributed by atoms with Gasteiger partial charge in [-0.2, -0.15) is 13.2 Å². The molecule has 1 fully saturated rings. The standard InChI is InChI=1S/C23H19F3O7/c1-2-29-15-6-3-4-7-16(15)32-20-19(27)14-10-9-13(31-22(28)17-8-5-11-30-17)12-18(14)33-21(20)23(24,25)26/h3-4,6-7,9-10,12,17H,2,5,8,11H2,1H3. The molecule has 4 rings (SSSR count). The number of hydrogen-bond acceptors (Lipinski definition) is 7. The van der Waals surface area contributed by atoms with E-state index in [9.17, 15) is 22.8 Å². The van der Waals surface area contributed by atoms with E-state index in [0.717, 1.165) is 6.07 Å². The third kappa shape index (κ3) is 4.80. The van der Waals surface area contributed by atoms with E-state index in [1.54, 1.807) is 13.0 Å². The summed E-state index contributed by atoms with van der Waals surface area (Å²) in [6, 6.07) is 9.58. The number of halogens is 3. The van der Waals surface area contributed by atoms with E-state index >= 15 is 0 Å². The van der Waals surface area contributed by atoms with Crippen LogP contribution in [0.15, 0.2) is 51.7 Å². The van der Waals surface area contributed by atoms with E-state index in [-0.39, 0.29) is 29.2 Å². The lowest BCUT2D eigenvalue weighted by atomic mass is 10.2. The van der Waals surface area contributed by atoms with Crippen LogP contribution in [0, 0.1) is 0 Å². The van der Waals surface area contributed by atoms with Crippen molar-refractivity contribution >= 4 is 16.9 Å². The molecule has 1 aliphatic rings. The van der Waals surface area contributed by atoms with Gasteiger partial charge in [-0.3, -0.25) is 4.79 Å². The number of carbonyl (C=O) groups excluding carboxylic acids is 1. The van der Waals surface area contributed by atoms with Gasteiger partial charge in [0.25, 0.3) is 5.76 Å². The third-order valence-corrected chi connectivity index (χ3v) is 4.85. The zero-order valence-electron chi connectivity index (χ0n) is 17.4. The van der Waals surface area contributed by atoms with E-state index in [1.165, 1.54) is 30.3 Å². The van der Waals surface area contributed by atoms with E-state index in [0.29, 0.717) is 19.4 Å². The molecule has 174 valence electrons. The number of para-hydroxylation sites is 2. The molecule has 2 aromatic carbocycles. The molecule has 7 nitrogen and oxygen atoms in total. The second-order valence-corrected chi connectivity index (χ2v) is 7.15. The van der Waals surface area contributed by atoms with Gasteiger partial charge in [0.15, 0.2) is 17.6 Å². The number of carbonyl (C=O) groups is 1. The molecule has 33 heavy (non-hydrogen) atoms. The Morgan fingerprint density at radius 1 is 1.15 bits per heavy atom. The molecule has 1 aliphatic heterocycles. The number of alkyl halides is 3. The van der Waals surface area contributed by atoms with Crippen LogP contribution in [0.3, 0.4) is 0 Å². The average molecular weight is 464 g/mol. The number of fused-ring (bicyclic) bond motifs is 1. The topological polar surface area (TPSA) is 84.2 Å². The Morgan fingerprint density at radius 2 is 1.91 bits per heavy atom. The van der Waals surface area contributed by atoms with Crippen LogP contribution in [-0.4, -0.2) is 25.3 Å². The first kappa shape index (κ1) is 22.7. The number of ether oxygens (including phenoxy) is 4. The molecule has 0 amide bonds. The van der Waals surface area contributed by atoms with Gasteiger partial charge in [0.1, 0.15) is 11.3 Å². The SMILES string of the molecule is CCOc1ccccc1Oc1c(C(F)(F)F)oc2cc(OC(=O)C3CCCO3)ccc2c1=O. The van der Waals surface area contributed by atoms with Gasteiger partial charge in [-0.1, -0.05) is 12.1 Å². The van der Waals surface area contributed by atoms with Crippen LogP contribution in [0.4, 0.5) is 13.2 Å². The normalized spacial score (nSPS) is 16.1. The maximum absolute atomic E-state index is 13.8. The fourth-order valence-electron chi connectivity index (χ4n) is 3.36. The molecule has 0 radical (unpaired) electrons. The van der Waals surface area contributed by atoms with Crippen LogP contribution in [0.25, 0.3) is 11.0 Å². The van der Waals surface area contributed by atoms with Gasteiger partial charge in [-0.05, 0) is 44.0 Å². The Hall–Kier alpha value is -3.53. The van der Waals surface area contributed by atoms with E-state index in [1.807, 2.05) is 0 Å². The highest BCUT2D eigenvalue weighted by Gasteiger charge is 2.41. The van der Waals surface area contributed by atoms with Gasteiger partial charge in [-0.15, -0.1) is 0 Å². The number of hydrogen-bond donors (Lipinski definition) is 0. The van der Waals surface area contributed by atoms with Gasteiger partial charge < -0.3 is 23.4 Å². The fraction of sp³-hybridized carbons (Fsp3) is 0.304. The predicted molar refractivity (Wildman–Crippen MR) is 110 cm³/mol. The zero-order chi connectivity index (χ0) is 23.6. The van der Waals surface area contributed by atoms with E-state index in [2.05, 4.69) is 0 Å². The van der Waals surface area contributed by atoms with Crippen molar-refractivity contribution in [1.29, 1.82) is 0 Å². The Balaban J connectivity index is 1.75. The highest BCUT2D eigenvalue weighted by molar-refractivity contribution is 5.82. The van der Waals surface area contributed by atoms with Gasteiger partial charge >= 0.3 is 12.1 Å². The third-order valence-electron chi connectivity index (χ3n) is 4.85. The largest absolute Gasteiger partial charge is 0.490 e. The van der Waals surface area contributed by atoms with Crippen LogP contribution in [0.1, 0.15) is 25.5 Å². The van der Waals surface area contributed by atoms with Gasteiger partial charge in [0.05, 0.1) is 12.0 Å². The monoisotopic (exact) mass is 464 g/mol. The van der Waals surface area contributed by atoms with Crippen molar-refractivity contribution in [2.45, 2.75) is 32.0 Å². The lowest BCUT2D eigenvalue weighted by Gasteiger charge is -2.15. The number of esters is 1. The van der Waals surface area contributed by atoms with E-state index < -0.39 is 40.8 Å². The summed E-state index contributed by atoms with van der Waals surface area (Å²) in [6.45, 7) is 2.37. The minimum absolute atomic E-state index is 0.0707. The summed E-state index contributed by atoms with van der Waals surface area (Å²) in [5, 5.41) is -0.177. The summed E-state index contributed by atoms with van der Waals surface area (Å²) in [4.78, 5) is 25.1. The molecule has 1 unspecified atom stereocenters. The summed E-state index contributed by atoms with van der Waals surface area (Å²) >= 11 is 0. The quantitative estimate of drug-likeness (QED) is 0.371. The van der Waals surface area contributed by atoms with Gasteiger partial charge in [-0.25, -0.2) is 4.79 Å². The molecular formula is C23H19F3O7. The molecule has 0 spiro atoms. The maximum Gasteiger partial charge on any atom is 0.453 e. The average Bonchev–Trinajstić information content (AvgIpc) is 3.31. The Bertz CT molecular complexity index is 1230. The fourth-order valence-corrected chi connectivity index (χ4v) is 3.36. The van der Waals surface area contributed by atoms with Crippen molar-refractivity contribution in [3.8, 4) is 23.0 Å². The lowest BCUT2D eigenvalue weighted by Crippen LogP contribution is -2.24. The summed E-state index contributed by atoms with van der Waals surface area (Å²) in [5.41, 5.74) is -1.44. The highest BCUT2D eigenvalue weighted by Crippen LogP contribution is 2.40. The summed E-state index contributed by atoms with van der Waals surface area (Å²) in [6.07, 6.45) is -4.58. The van der Waals surface area contributed by atoms with Crippen molar-refractivity contribution in [1.82, 2.24) is 0 Å². The van der Waals surface area contributed by atoms with Crippen molar-refractivity contribution in [2.24, 2.45) is 0 Å². The molecule has 0 N–H and O–H groups in total. The van der Waals surface area contributed by atoms with Crippen LogP contribution in [-0.2, 0) is 15.7 Å².